The summed E-state index contributed by atoms with van der Waals surface area (Å²) >= 11 is 0. The Bertz CT molecular complexity index is 1310. The lowest BCUT2D eigenvalue weighted by Gasteiger charge is -2.20. The molecule has 4 aromatic rings. The maximum atomic E-state index is 11.8. The minimum atomic E-state index is -0.362. The number of aryl methyl sites for hydroxylation is 1. The number of benzene rings is 1. The smallest absolute Gasteiger partial charge is 0.253 e. The van der Waals surface area contributed by atoms with Gasteiger partial charge in [0.2, 0.25) is 5.89 Å². The van der Waals surface area contributed by atoms with Crippen molar-refractivity contribution in [2.24, 2.45) is 0 Å². The van der Waals surface area contributed by atoms with Gasteiger partial charge in [0, 0.05) is 19.2 Å². The molecule has 0 fully saturated rings. The molecule has 0 bridgehead atoms. The number of carbonyl (C=O) groups excluding carboxylic acids is 1. The van der Waals surface area contributed by atoms with Crippen LogP contribution in [0.2, 0.25) is 0 Å². The lowest BCUT2D eigenvalue weighted by molar-refractivity contribution is 0.0965. The number of aromatic nitrogens is 4. The van der Waals surface area contributed by atoms with Gasteiger partial charge in [-0.05, 0) is 17.7 Å². The van der Waals surface area contributed by atoms with Gasteiger partial charge in [0.15, 0.2) is 0 Å². The molecule has 10 heteroatoms. The van der Waals surface area contributed by atoms with Crippen LogP contribution in [0.3, 0.4) is 0 Å². The van der Waals surface area contributed by atoms with Crippen molar-refractivity contribution in [2.75, 3.05) is 17.2 Å². The molecule has 1 aromatic carbocycles. The van der Waals surface area contributed by atoms with Crippen LogP contribution in [0.4, 0.5) is 17.3 Å². The van der Waals surface area contributed by atoms with Crippen LogP contribution in [0, 0.1) is 6.92 Å². The summed E-state index contributed by atoms with van der Waals surface area (Å²) in [5, 5.41) is 27.3. The van der Waals surface area contributed by atoms with Crippen LogP contribution < -0.4 is 16.0 Å². The third-order valence-corrected chi connectivity index (χ3v) is 5.27. The first-order valence-corrected chi connectivity index (χ1v) is 10.4. The molecule has 5 rings (SSSR count). The molecule has 4 N–H and O–H groups in total. The van der Waals surface area contributed by atoms with E-state index >= 15 is 0 Å². The van der Waals surface area contributed by atoms with Crippen LogP contribution in [0.5, 0.6) is 0 Å². The van der Waals surface area contributed by atoms with E-state index in [-0.39, 0.29) is 18.6 Å². The summed E-state index contributed by atoms with van der Waals surface area (Å²) < 4.78 is 5.61. The fourth-order valence-corrected chi connectivity index (χ4v) is 3.63. The second-order valence-electron chi connectivity index (χ2n) is 7.53. The fraction of sp³-hybridized carbons (Fsp3) is 0.174. The number of nitrogens with zero attached hydrogens (tertiary/aromatic N) is 4. The number of anilines is 3. The Hall–Kier alpha value is -4.31. The van der Waals surface area contributed by atoms with Gasteiger partial charge in [0.25, 0.3) is 11.8 Å². The Labute approximate surface area is 189 Å². The third-order valence-electron chi connectivity index (χ3n) is 5.27. The normalized spacial score (nSPS) is 13.3. The maximum Gasteiger partial charge on any atom is 0.253 e. The van der Waals surface area contributed by atoms with Gasteiger partial charge in [0.1, 0.15) is 11.6 Å². The lowest BCUT2D eigenvalue weighted by Crippen LogP contribution is -2.15. The number of pyridine rings is 2. The predicted octanol–water partition coefficient (Wildman–Crippen LogP) is 2.97. The summed E-state index contributed by atoms with van der Waals surface area (Å²) in [4.78, 5) is 20.7. The van der Waals surface area contributed by atoms with Crippen LogP contribution in [0.1, 0.15) is 33.5 Å². The first-order chi connectivity index (χ1) is 16.1. The van der Waals surface area contributed by atoms with E-state index in [9.17, 15) is 9.90 Å². The highest BCUT2D eigenvalue weighted by atomic mass is 16.4. The molecule has 0 saturated carbocycles. The molecule has 0 unspecified atom stereocenters. The second kappa shape index (κ2) is 8.67. The van der Waals surface area contributed by atoms with E-state index in [1.54, 1.807) is 31.3 Å². The topological polar surface area (TPSA) is 138 Å². The lowest BCUT2D eigenvalue weighted by atomic mass is 10.1. The molecule has 1 atom stereocenters. The van der Waals surface area contributed by atoms with Gasteiger partial charge in [-0.25, -0.2) is 9.97 Å². The Morgan fingerprint density at radius 2 is 1.97 bits per heavy atom. The van der Waals surface area contributed by atoms with Crippen molar-refractivity contribution in [1.29, 1.82) is 0 Å². The molecule has 4 heterocycles. The Morgan fingerprint density at radius 1 is 1.12 bits per heavy atom. The molecule has 10 nitrogen and oxygen atoms in total. The van der Waals surface area contributed by atoms with Crippen LogP contribution in [0.25, 0.3) is 11.5 Å². The highest BCUT2D eigenvalue weighted by Crippen LogP contribution is 2.32. The molecule has 33 heavy (non-hydrogen) atoms. The first kappa shape index (κ1) is 20.6. The summed E-state index contributed by atoms with van der Waals surface area (Å²) in [6.45, 7) is 1.99. The number of hydrogen-bond donors (Lipinski definition) is 4. The van der Waals surface area contributed by atoms with Gasteiger partial charge in [-0.15, -0.1) is 10.2 Å². The number of aliphatic hydroxyl groups excluding tert-OH is 1. The average molecular weight is 443 g/mol. The van der Waals surface area contributed by atoms with Crippen LogP contribution >= 0.6 is 0 Å². The minimum absolute atomic E-state index is 0.120. The number of carbonyl (C=O) groups is 1. The third kappa shape index (κ3) is 4.23. The predicted molar refractivity (Wildman–Crippen MR) is 121 cm³/mol. The van der Waals surface area contributed by atoms with Crippen molar-refractivity contribution in [3.05, 3.63) is 77.4 Å². The Morgan fingerprint density at radius 3 is 2.73 bits per heavy atom. The van der Waals surface area contributed by atoms with Gasteiger partial charge >= 0.3 is 0 Å². The van der Waals surface area contributed by atoms with Crippen molar-refractivity contribution in [2.45, 2.75) is 19.5 Å². The summed E-state index contributed by atoms with van der Waals surface area (Å²) in [6.07, 6.45) is 1.62. The van der Waals surface area contributed by atoms with Gasteiger partial charge in [0.05, 0.1) is 41.7 Å². The zero-order chi connectivity index (χ0) is 22.8. The van der Waals surface area contributed by atoms with Crippen molar-refractivity contribution in [3.8, 4) is 11.5 Å². The van der Waals surface area contributed by atoms with E-state index in [2.05, 4.69) is 36.1 Å². The SMILES string of the molecule is Cc1nnc(-c2cnc(Nc3ccc4c(n3)CNC4=O)cc2N[C@H](CO)c2ccccc2)o1. The monoisotopic (exact) mass is 443 g/mol. The molecule has 3 aromatic heterocycles. The molecule has 0 saturated heterocycles. The van der Waals surface area contributed by atoms with Crippen LogP contribution in [-0.4, -0.2) is 37.8 Å². The van der Waals surface area contributed by atoms with E-state index in [4.69, 9.17) is 4.42 Å². The zero-order valence-corrected chi connectivity index (χ0v) is 17.7. The molecule has 166 valence electrons. The van der Waals surface area contributed by atoms with Crippen molar-refractivity contribution >= 4 is 23.2 Å². The quantitative estimate of drug-likeness (QED) is 0.339. The van der Waals surface area contributed by atoms with E-state index in [0.717, 1.165) is 5.56 Å². The molecule has 0 spiro atoms. The molecule has 1 amide bonds. The molecule has 1 aliphatic heterocycles. The zero-order valence-electron chi connectivity index (χ0n) is 17.7. The van der Waals surface area contributed by atoms with Gasteiger partial charge in [-0.2, -0.15) is 0 Å². The standard InChI is InChI=1S/C23H21N7O3/c1-13-29-30-23(33-13)16-10-24-21(28-20-8-7-15-18(27-20)11-25-22(15)32)9-17(16)26-19(12-31)14-5-3-2-4-6-14/h2-10,19,31H,11-12H2,1H3,(H,25,32)(H2,24,26,27,28)/t19-/m1/s1. The number of amides is 1. The second-order valence-corrected chi connectivity index (χ2v) is 7.53. The van der Waals surface area contributed by atoms with Crippen molar-refractivity contribution < 1.29 is 14.3 Å². The largest absolute Gasteiger partial charge is 0.421 e. The highest BCUT2D eigenvalue weighted by molar-refractivity contribution is 5.98. The molecule has 0 radical (unpaired) electrons. The molecular weight excluding hydrogens is 422 g/mol. The average Bonchev–Trinajstić information content (AvgIpc) is 3.43. The van der Waals surface area contributed by atoms with Crippen molar-refractivity contribution in [3.63, 3.8) is 0 Å². The molecule has 0 aliphatic carbocycles. The van der Waals surface area contributed by atoms with Gasteiger partial charge in [-0.1, -0.05) is 30.3 Å². The fourth-order valence-electron chi connectivity index (χ4n) is 3.63. The highest BCUT2D eigenvalue weighted by Gasteiger charge is 2.21. The van der Waals surface area contributed by atoms with E-state index in [1.807, 2.05) is 30.3 Å². The number of aliphatic hydroxyl groups is 1. The number of rotatable bonds is 7. The molecular formula is C23H21N7O3. The molecule has 1 aliphatic rings. The summed E-state index contributed by atoms with van der Waals surface area (Å²) in [6, 6.07) is 14.5. The Kier molecular flexibility index (Phi) is 5.41. The number of hydrogen-bond acceptors (Lipinski definition) is 9. The Balaban J connectivity index is 1.48. The van der Waals surface area contributed by atoms with E-state index < -0.39 is 0 Å². The van der Waals surface area contributed by atoms with Crippen LogP contribution in [0.15, 0.2) is 59.1 Å². The van der Waals surface area contributed by atoms with E-state index in [1.165, 1.54) is 0 Å². The minimum Gasteiger partial charge on any atom is -0.421 e. The summed E-state index contributed by atoms with van der Waals surface area (Å²) in [5.41, 5.74) is 3.44. The summed E-state index contributed by atoms with van der Waals surface area (Å²) in [5.74, 6) is 1.71. The first-order valence-electron chi connectivity index (χ1n) is 10.4. The van der Waals surface area contributed by atoms with Crippen molar-refractivity contribution in [1.82, 2.24) is 25.5 Å². The van der Waals surface area contributed by atoms with E-state index in [0.29, 0.717) is 52.5 Å². The summed E-state index contributed by atoms with van der Waals surface area (Å²) in [7, 11) is 0. The maximum absolute atomic E-state index is 11.8. The number of nitrogens with one attached hydrogen (secondary N) is 3. The van der Waals surface area contributed by atoms with Gasteiger partial charge in [-0.3, -0.25) is 4.79 Å². The van der Waals surface area contributed by atoms with Crippen LogP contribution in [-0.2, 0) is 6.54 Å². The van der Waals surface area contributed by atoms with Gasteiger partial charge < -0.3 is 25.5 Å². The number of fused-ring (bicyclic) bond motifs is 1.